The van der Waals surface area contributed by atoms with Crippen molar-refractivity contribution in [3.63, 3.8) is 0 Å². The minimum Gasteiger partial charge on any atom is -0.475 e. The maximum absolute atomic E-state index is 12.1. The summed E-state index contributed by atoms with van der Waals surface area (Å²) in [5, 5.41) is 7.03. The largest absolute Gasteiger partial charge is 0.475 e. The van der Waals surface area contributed by atoms with E-state index in [1.807, 2.05) is 33.0 Å². The quantitative estimate of drug-likeness (QED) is 0.881. The summed E-state index contributed by atoms with van der Waals surface area (Å²) >= 11 is 0. The third-order valence-electron chi connectivity index (χ3n) is 2.75. The molecule has 0 bridgehead atoms. The lowest BCUT2D eigenvalue weighted by Gasteiger charge is -2.14. The van der Waals surface area contributed by atoms with Crippen LogP contribution < -0.4 is 10.1 Å². The lowest BCUT2D eigenvalue weighted by atomic mass is 10.2. The van der Waals surface area contributed by atoms with E-state index in [1.54, 1.807) is 23.0 Å². The Kier molecular flexibility index (Phi) is 4.92. The summed E-state index contributed by atoms with van der Waals surface area (Å²) in [5.41, 5.74) is 0.512. The van der Waals surface area contributed by atoms with Crippen LogP contribution in [0.3, 0.4) is 0 Å². The Balaban J connectivity index is 1.90. The van der Waals surface area contributed by atoms with E-state index in [-0.39, 0.29) is 18.1 Å². The smallest absolute Gasteiger partial charge is 0.253 e. The van der Waals surface area contributed by atoms with E-state index in [4.69, 9.17) is 4.74 Å². The molecule has 0 aliphatic carbocycles. The van der Waals surface area contributed by atoms with Gasteiger partial charge < -0.3 is 10.1 Å². The van der Waals surface area contributed by atoms with Gasteiger partial charge in [-0.1, -0.05) is 0 Å². The molecule has 2 heterocycles. The molecule has 6 nitrogen and oxygen atoms in total. The second kappa shape index (κ2) is 6.88. The molecule has 1 amide bonds. The number of amides is 1. The molecule has 6 heteroatoms. The van der Waals surface area contributed by atoms with Gasteiger partial charge in [0, 0.05) is 30.7 Å². The van der Waals surface area contributed by atoms with Gasteiger partial charge >= 0.3 is 0 Å². The number of pyridine rings is 1. The van der Waals surface area contributed by atoms with E-state index in [0.29, 0.717) is 18.0 Å². The second-order valence-corrected chi connectivity index (χ2v) is 5.15. The highest BCUT2D eigenvalue weighted by Gasteiger charge is 2.11. The number of nitrogens with one attached hydrogen (secondary N) is 1. The zero-order chi connectivity index (χ0) is 15.2. The summed E-state index contributed by atoms with van der Waals surface area (Å²) in [6.07, 6.45) is 5.16. The number of hydrogen-bond acceptors (Lipinski definition) is 4. The fraction of sp³-hybridized carbons (Fsp3) is 0.400. The summed E-state index contributed by atoms with van der Waals surface area (Å²) in [4.78, 5) is 16.2. The molecule has 0 radical (unpaired) electrons. The molecular weight excluding hydrogens is 268 g/mol. The molecule has 0 aromatic carbocycles. The van der Waals surface area contributed by atoms with E-state index in [2.05, 4.69) is 15.4 Å². The molecule has 0 saturated heterocycles. The van der Waals surface area contributed by atoms with Crippen molar-refractivity contribution in [2.45, 2.75) is 39.5 Å². The third-order valence-corrected chi connectivity index (χ3v) is 2.75. The molecular formula is C15H20N4O2. The van der Waals surface area contributed by atoms with Crippen LogP contribution in [0.1, 0.15) is 31.1 Å². The minimum absolute atomic E-state index is 0.0241. The maximum atomic E-state index is 12.1. The number of nitrogens with zero attached hydrogens (tertiary/aromatic N) is 3. The standard InChI is InChI=1S/C15H20N4O2/c1-11(2)21-14-6-5-13(9-16-14)15(20)18-12(3)10-19-8-4-7-17-19/h4-9,11-12H,10H2,1-3H3,(H,18,20)/t12-/m1/s1. The van der Waals surface area contributed by atoms with Gasteiger partial charge in [0.05, 0.1) is 18.2 Å². The first kappa shape index (κ1) is 15.0. The molecule has 21 heavy (non-hydrogen) atoms. The van der Waals surface area contributed by atoms with E-state index < -0.39 is 0 Å². The Bertz CT molecular complexity index is 564. The molecule has 0 unspecified atom stereocenters. The number of aromatic nitrogens is 3. The zero-order valence-corrected chi connectivity index (χ0v) is 12.5. The molecule has 0 aliphatic rings. The van der Waals surface area contributed by atoms with Gasteiger partial charge in [-0.15, -0.1) is 0 Å². The number of rotatable bonds is 6. The van der Waals surface area contributed by atoms with Crippen LogP contribution in [0.15, 0.2) is 36.8 Å². The fourth-order valence-electron chi connectivity index (χ4n) is 1.87. The molecule has 112 valence electrons. The lowest BCUT2D eigenvalue weighted by Crippen LogP contribution is -2.35. The van der Waals surface area contributed by atoms with Crippen LogP contribution in [0.4, 0.5) is 0 Å². The summed E-state index contributed by atoms with van der Waals surface area (Å²) in [5.74, 6) is 0.365. The molecule has 1 N–H and O–H groups in total. The molecule has 0 fully saturated rings. The first-order valence-electron chi connectivity index (χ1n) is 6.95. The monoisotopic (exact) mass is 288 g/mol. The zero-order valence-electron chi connectivity index (χ0n) is 12.5. The molecule has 0 saturated carbocycles. The third kappa shape index (κ3) is 4.59. The van der Waals surface area contributed by atoms with E-state index >= 15 is 0 Å². The average molecular weight is 288 g/mol. The van der Waals surface area contributed by atoms with Gasteiger partial charge in [-0.2, -0.15) is 5.10 Å². The number of ether oxygens (including phenoxy) is 1. The number of carbonyl (C=O) groups is 1. The van der Waals surface area contributed by atoms with Gasteiger partial charge in [-0.05, 0) is 32.9 Å². The molecule has 2 rings (SSSR count). The fourth-order valence-corrected chi connectivity index (χ4v) is 1.87. The van der Waals surface area contributed by atoms with Crippen molar-refractivity contribution in [1.82, 2.24) is 20.1 Å². The number of hydrogen-bond donors (Lipinski definition) is 1. The highest BCUT2D eigenvalue weighted by Crippen LogP contribution is 2.09. The molecule has 2 aromatic rings. The lowest BCUT2D eigenvalue weighted by molar-refractivity contribution is 0.0935. The van der Waals surface area contributed by atoms with E-state index in [9.17, 15) is 4.79 Å². The van der Waals surface area contributed by atoms with Crippen LogP contribution >= 0.6 is 0 Å². The Morgan fingerprint density at radius 3 is 2.76 bits per heavy atom. The number of carbonyl (C=O) groups excluding carboxylic acids is 1. The van der Waals surface area contributed by atoms with E-state index in [0.717, 1.165) is 0 Å². The predicted molar refractivity (Wildman–Crippen MR) is 79.2 cm³/mol. The molecule has 0 spiro atoms. The highest BCUT2D eigenvalue weighted by atomic mass is 16.5. The summed E-state index contributed by atoms with van der Waals surface area (Å²) in [6, 6.07) is 5.24. The summed E-state index contributed by atoms with van der Waals surface area (Å²) in [7, 11) is 0. The maximum Gasteiger partial charge on any atom is 0.253 e. The van der Waals surface area contributed by atoms with Crippen molar-refractivity contribution in [3.05, 3.63) is 42.4 Å². The first-order chi connectivity index (χ1) is 10.0. The van der Waals surface area contributed by atoms with Gasteiger partial charge in [-0.3, -0.25) is 9.48 Å². The van der Waals surface area contributed by atoms with Gasteiger partial charge in [0.2, 0.25) is 5.88 Å². The predicted octanol–water partition coefficient (Wildman–Crippen LogP) is 1.88. The van der Waals surface area contributed by atoms with Crippen LogP contribution in [-0.2, 0) is 6.54 Å². The Morgan fingerprint density at radius 2 is 2.19 bits per heavy atom. The SMILES string of the molecule is CC(C)Oc1ccc(C(=O)N[C@H](C)Cn2cccn2)cn1. The Labute approximate surface area is 124 Å². The van der Waals surface area contributed by atoms with Gasteiger partial charge in [0.25, 0.3) is 5.91 Å². The normalized spacial score (nSPS) is 12.2. The van der Waals surface area contributed by atoms with Gasteiger partial charge in [0.15, 0.2) is 0 Å². The van der Waals surface area contributed by atoms with Crippen LogP contribution in [0.25, 0.3) is 0 Å². The molecule has 2 aromatic heterocycles. The van der Waals surface area contributed by atoms with Crippen LogP contribution in [-0.4, -0.2) is 32.8 Å². The van der Waals surface area contributed by atoms with Gasteiger partial charge in [-0.25, -0.2) is 4.98 Å². The second-order valence-electron chi connectivity index (χ2n) is 5.15. The van der Waals surface area contributed by atoms with Crippen LogP contribution in [0, 0.1) is 0 Å². The molecule has 0 aliphatic heterocycles. The van der Waals surface area contributed by atoms with Crippen molar-refractivity contribution in [2.24, 2.45) is 0 Å². The van der Waals surface area contributed by atoms with Crippen molar-refractivity contribution in [2.75, 3.05) is 0 Å². The first-order valence-corrected chi connectivity index (χ1v) is 6.95. The van der Waals surface area contributed by atoms with Gasteiger partial charge in [0.1, 0.15) is 0 Å². The van der Waals surface area contributed by atoms with Crippen molar-refractivity contribution >= 4 is 5.91 Å². The Hall–Kier alpha value is -2.37. The summed E-state index contributed by atoms with van der Waals surface area (Å²) in [6.45, 7) is 6.42. The Morgan fingerprint density at radius 1 is 1.38 bits per heavy atom. The molecule has 1 atom stereocenters. The topological polar surface area (TPSA) is 69.0 Å². The van der Waals surface area contributed by atoms with Crippen LogP contribution in [0.5, 0.6) is 5.88 Å². The average Bonchev–Trinajstić information content (AvgIpc) is 2.91. The van der Waals surface area contributed by atoms with E-state index in [1.165, 1.54) is 6.20 Å². The minimum atomic E-state index is -0.154. The highest BCUT2D eigenvalue weighted by molar-refractivity contribution is 5.94. The summed E-state index contributed by atoms with van der Waals surface area (Å²) < 4.78 is 7.23. The van der Waals surface area contributed by atoms with Crippen molar-refractivity contribution in [3.8, 4) is 5.88 Å². The van der Waals surface area contributed by atoms with Crippen molar-refractivity contribution in [1.29, 1.82) is 0 Å². The van der Waals surface area contributed by atoms with Crippen molar-refractivity contribution < 1.29 is 9.53 Å². The van der Waals surface area contributed by atoms with Crippen LogP contribution in [0.2, 0.25) is 0 Å².